The van der Waals surface area contributed by atoms with Crippen LogP contribution in [0.3, 0.4) is 0 Å². The van der Waals surface area contributed by atoms with Gasteiger partial charge >= 0.3 is 5.97 Å². The number of carbonyl (C=O) groups excluding carboxylic acids is 1. The zero-order chi connectivity index (χ0) is 17.1. The van der Waals surface area contributed by atoms with Gasteiger partial charge in [-0.25, -0.2) is 9.37 Å². The van der Waals surface area contributed by atoms with E-state index in [-0.39, 0.29) is 18.1 Å². The Morgan fingerprint density at radius 2 is 1.83 bits per heavy atom. The molecule has 1 aromatic heterocycles. The molecule has 0 aliphatic heterocycles. The second-order valence-electron chi connectivity index (χ2n) is 5.14. The molecule has 0 saturated carbocycles. The molecule has 0 unspecified atom stereocenters. The highest BCUT2D eigenvalue weighted by Gasteiger charge is 2.11. The van der Waals surface area contributed by atoms with E-state index in [1.54, 1.807) is 12.1 Å². The molecule has 0 aliphatic carbocycles. The van der Waals surface area contributed by atoms with Crippen LogP contribution in [-0.4, -0.2) is 28.5 Å². The third-order valence-electron chi connectivity index (χ3n) is 3.36. The molecule has 0 spiro atoms. The smallest absolute Gasteiger partial charge is 0.322 e. The van der Waals surface area contributed by atoms with E-state index in [4.69, 9.17) is 5.11 Å². The summed E-state index contributed by atoms with van der Waals surface area (Å²) in [7, 11) is 0. The number of hydrogen-bond acceptors (Lipinski definition) is 4. The Morgan fingerprint density at radius 3 is 2.54 bits per heavy atom. The molecular weight excluding hydrogens is 331 g/mol. The first-order valence-corrected chi connectivity index (χ1v) is 7.97. The van der Waals surface area contributed by atoms with Crippen molar-refractivity contribution in [3.63, 3.8) is 0 Å². The number of amides is 1. The lowest BCUT2D eigenvalue weighted by molar-refractivity contribution is -0.137. The lowest BCUT2D eigenvalue weighted by Crippen LogP contribution is -2.30. The molecule has 0 fully saturated rings. The molecule has 2 aromatic carbocycles. The molecule has 1 heterocycles. The van der Waals surface area contributed by atoms with E-state index in [2.05, 4.69) is 10.3 Å². The fraction of sp³-hybridized carbons (Fsp3) is 0.118. The second-order valence-corrected chi connectivity index (χ2v) is 6.26. The number of nitrogens with zero attached hydrogens (tertiary/aromatic N) is 1. The first-order chi connectivity index (χ1) is 11.5. The highest BCUT2D eigenvalue weighted by Crippen LogP contribution is 2.28. The van der Waals surface area contributed by atoms with Crippen molar-refractivity contribution in [3.8, 4) is 11.1 Å². The van der Waals surface area contributed by atoms with E-state index in [1.807, 2.05) is 18.2 Å². The van der Waals surface area contributed by atoms with Crippen LogP contribution in [0.25, 0.3) is 21.3 Å². The molecule has 7 heteroatoms. The topological polar surface area (TPSA) is 79.3 Å². The summed E-state index contributed by atoms with van der Waals surface area (Å²) in [6.07, 6.45) is 0.0402. The van der Waals surface area contributed by atoms with E-state index in [1.165, 1.54) is 23.5 Å². The normalized spacial score (nSPS) is 10.7. The molecular formula is C17H13FN2O3S. The van der Waals surface area contributed by atoms with Crippen LogP contribution in [0.1, 0.15) is 5.01 Å². The maximum absolute atomic E-state index is 13.0. The third-order valence-corrected chi connectivity index (χ3v) is 4.38. The van der Waals surface area contributed by atoms with Crippen molar-refractivity contribution in [1.82, 2.24) is 10.3 Å². The number of nitrogens with one attached hydrogen (secondary N) is 1. The highest BCUT2D eigenvalue weighted by atomic mass is 32.1. The van der Waals surface area contributed by atoms with Gasteiger partial charge in [0.05, 0.1) is 16.6 Å². The molecule has 0 aliphatic rings. The number of hydrogen-bond donors (Lipinski definition) is 2. The predicted molar refractivity (Wildman–Crippen MR) is 89.4 cm³/mol. The quantitative estimate of drug-likeness (QED) is 0.746. The first kappa shape index (κ1) is 16.1. The Hall–Kier alpha value is -2.80. The Bertz CT molecular complexity index is 906. The van der Waals surface area contributed by atoms with Crippen LogP contribution in [0, 0.1) is 5.82 Å². The van der Waals surface area contributed by atoms with E-state index in [0.717, 1.165) is 21.3 Å². The lowest BCUT2D eigenvalue weighted by atomic mass is 10.1. The van der Waals surface area contributed by atoms with Crippen molar-refractivity contribution < 1.29 is 19.1 Å². The zero-order valence-corrected chi connectivity index (χ0v) is 13.3. The average Bonchev–Trinajstić information content (AvgIpc) is 2.94. The summed E-state index contributed by atoms with van der Waals surface area (Å²) in [4.78, 5) is 26.5. The van der Waals surface area contributed by atoms with Crippen molar-refractivity contribution in [2.24, 2.45) is 0 Å². The van der Waals surface area contributed by atoms with Crippen LogP contribution in [-0.2, 0) is 16.0 Å². The summed E-state index contributed by atoms with van der Waals surface area (Å²) in [6.45, 7) is -0.404. The van der Waals surface area contributed by atoms with Gasteiger partial charge in [0.1, 0.15) is 17.4 Å². The van der Waals surface area contributed by atoms with Crippen molar-refractivity contribution in [1.29, 1.82) is 0 Å². The molecule has 1 amide bonds. The summed E-state index contributed by atoms with van der Waals surface area (Å²) in [5.41, 5.74) is 2.60. The van der Waals surface area contributed by atoms with E-state index < -0.39 is 12.5 Å². The fourth-order valence-corrected chi connectivity index (χ4v) is 3.25. The van der Waals surface area contributed by atoms with Gasteiger partial charge < -0.3 is 10.4 Å². The summed E-state index contributed by atoms with van der Waals surface area (Å²) >= 11 is 1.38. The molecule has 2 N–H and O–H groups in total. The summed E-state index contributed by atoms with van der Waals surface area (Å²) < 4.78 is 13.9. The summed E-state index contributed by atoms with van der Waals surface area (Å²) in [5, 5.41) is 11.5. The minimum Gasteiger partial charge on any atom is -0.480 e. The Morgan fingerprint density at radius 1 is 1.12 bits per heavy atom. The number of thiazole rings is 1. The van der Waals surface area contributed by atoms with Gasteiger partial charge in [0.25, 0.3) is 0 Å². The van der Waals surface area contributed by atoms with Gasteiger partial charge in [0.2, 0.25) is 5.91 Å². The van der Waals surface area contributed by atoms with Crippen molar-refractivity contribution in [3.05, 3.63) is 53.3 Å². The monoisotopic (exact) mass is 344 g/mol. The largest absolute Gasteiger partial charge is 0.480 e. The standard InChI is InChI=1S/C17H13FN2O3S/c18-12-4-1-10(2-5-12)11-3-6-13-14(7-11)24-16(20-13)8-15(21)19-9-17(22)23/h1-7H,8-9H2,(H,19,21)(H,22,23). The van der Waals surface area contributed by atoms with Gasteiger partial charge in [-0.05, 0) is 35.4 Å². The van der Waals surface area contributed by atoms with Crippen LogP contribution in [0.5, 0.6) is 0 Å². The van der Waals surface area contributed by atoms with Gasteiger partial charge in [-0.2, -0.15) is 0 Å². The number of carbonyl (C=O) groups is 2. The van der Waals surface area contributed by atoms with Gasteiger partial charge in [-0.15, -0.1) is 11.3 Å². The minimum absolute atomic E-state index is 0.0402. The molecule has 0 radical (unpaired) electrons. The van der Waals surface area contributed by atoms with E-state index >= 15 is 0 Å². The van der Waals surface area contributed by atoms with Gasteiger partial charge in [-0.1, -0.05) is 18.2 Å². The molecule has 122 valence electrons. The SMILES string of the molecule is O=C(O)CNC(=O)Cc1nc2ccc(-c3ccc(F)cc3)cc2s1. The number of fused-ring (bicyclic) bond motifs is 1. The fourth-order valence-electron chi connectivity index (χ4n) is 2.24. The summed E-state index contributed by atoms with van der Waals surface area (Å²) in [5.74, 6) is -1.75. The Balaban J connectivity index is 1.80. The maximum atomic E-state index is 13.0. The Labute approximate surface area is 140 Å². The molecule has 3 rings (SSSR count). The van der Waals surface area contributed by atoms with Gasteiger partial charge in [0, 0.05) is 0 Å². The van der Waals surface area contributed by atoms with Crippen LogP contribution in [0.4, 0.5) is 4.39 Å². The van der Waals surface area contributed by atoms with Crippen LogP contribution < -0.4 is 5.32 Å². The highest BCUT2D eigenvalue weighted by molar-refractivity contribution is 7.18. The number of aliphatic carboxylic acids is 1. The van der Waals surface area contributed by atoms with Crippen molar-refractivity contribution >= 4 is 33.4 Å². The van der Waals surface area contributed by atoms with E-state index in [0.29, 0.717) is 5.01 Å². The van der Waals surface area contributed by atoms with Gasteiger partial charge in [0.15, 0.2) is 0 Å². The number of carboxylic acids is 1. The van der Waals surface area contributed by atoms with Crippen LogP contribution >= 0.6 is 11.3 Å². The maximum Gasteiger partial charge on any atom is 0.322 e. The number of benzene rings is 2. The number of carboxylic acid groups (broad SMARTS) is 1. The number of rotatable bonds is 5. The summed E-state index contributed by atoms with van der Waals surface area (Å²) in [6, 6.07) is 11.9. The first-order valence-electron chi connectivity index (χ1n) is 7.15. The van der Waals surface area contributed by atoms with Gasteiger partial charge in [-0.3, -0.25) is 9.59 Å². The minimum atomic E-state index is -1.09. The molecule has 5 nitrogen and oxygen atoms in total. The average molecular weight is 344 g/mol. The molecule has 24 heavy (non-hydrogen) atoms. The van der Waals surface area contributed by atoms with Crippen molar-refractivity contribution in [2.45, 2.75) is 6.42 Å². The second kappa shape index (κ2) is 6.76. The Kier molecular flexibility index (Phi) is 4.52. The predicted octanol–water partition coefficient (Wildman–Crippen LogP) is 2.85. The lowest BCUT2D eigenvalue weighted by Gasteiger charge is -2.01. The molecule has 0 bridgehead atoms. The van der Waals surface area contributed by atoms with Crippen molar-refractivity contribution in [2.75, 3.05) is 6.54 Å². The van der Waals surface area contributed by atoms with E-state index in [9.17, 15) is 14.0 Å². The third kappa shape index (κ3) is 3.75. The number of halogens is 1. The molecule has 3 aromatic rings. The zero-order valence-electron chi connectivity index (χ0n) is 12.5. The molecule has 0 atom stereocenters. The van der Waals surface area contributed by atoms with Crippen LogP contribution in [0.2, 0.25) is 0 Å². The number of aromatic nitrogens is 1. The molecule has 0 saturated heterocycles. The van der Waals surface area contributed by atoms with Crippen LogP contribution in [0.15, 0.2) is 42.5 Å².